The first-order valence-electron chi connectivity index (χ1n) is 5.05. The Morgan fingerprint density at radius 1 is 1.54 bits per heavy atom. The molecule has 1 fully saturated rings. The van der Waals surface area contributed by atoms with Crippen molar-refractivity contribution >= 4 is 11.8 Å². The van der Waals surface area contributed by atoms with Gasteiger partial charge in [0.15, 0.2) is 0 Å². The first-order valence-corrected chi connectivity index (χ1v) is 6.45. The largest absolute Gasteiger partial charge is 0.324 e. The topological polar surface area (TPSA) is 29.3 Å². The molecule has 0 aromatic rings. The first kappa shape index (κ1) is 11.3. The molecule has 0 aromatic heterocycles. The molecule has 0 heterocycles. The fourth-order valence-electron chi connectivity index (χ4n) is 1.48. The van der Waals surface area contributed by atoms with E-state index in [-0.39, 0.29) is 5.54 Å². The Morgan fingerprint density at radius 3 is 2.62 bits per heavy atom. The van der Waals surface area contributed by atoms with Crippen LogP contribution in [0.4, 0.5) is 0 Å². The lowest BCUT2D eigenvalue weighted by atomic mass is 10.2. The molecule has 1 rings (SSSR count). The van der Waals surface area contributed by atoms with Gasteiger partial charge in [-0.15, -0.1) is 0 Å². The van der Waals surface area contributed by atoms with Crippen LogP contribution in [0, 0.1) is 0 Å². The van der Waals surface area contributed by atoms with Crippen molar-refractivity contribution in [2.45, 2.75) is 37.8 Å². The Bertz CT molecular complexity index is 157. The minimum Gasteiger partial charge on any atom is -0.324 e. The van der Waals surface area contributed by atoms with Crippen LogP contribution >= 0.6 is 11.8 Å². The molecule has 0 amide bonds. The van der Waals surface area contributed by atoms with Crippen molar-refractivity contribution in [1.29, 1.82) is 0 Å². The number of likely N-dealkylation sites (N-methyl/N-ethyl adjacent to an activating group) is 1. The van der Waals surface area contributed by atoms with E-state index in [0.717, 1.165) is 6.54 Å². The van der Waals surface area contributed by atoms with Crippen molar-refractivity contribution in [3.8, 4) is 0 Å². The molecule has 0 spiro atoms. The van der Waals surface area contributed by atoms with Crippen LogP contribution in [0.2, 0.25) is 0 Å². The molecule has 0 radical (unpaired) electrons. The highest BCUT2D eigenvalue weighted by Crippen LogP contribution is 2.33. The molecule has 2 N–H and O–H groups in total. The molecule has 1 unspecified atom stereocenters. The number of hydrogen-bond acceptors (Lipinski definition) is 3. The van der Waals surface area contributed by atoms with Crippen LogP contribution in [-0.2, 0) is 0 Å². The Morgan fingerprint density at radius 2 is 2.15 bits per heavy atom. The van der Waals surface area contributed by atoms with E-state index < -0.39 is 0 Å². The van der Waals surface area contributed by atoms with Crippen molar-refractivity contribution in [3.63, 3.8) is 0 Å². The number of nitrogens with zero attached hydrogens (tertiary/aromatic N) is 1. The van der Waals surface area contributed by atoms with E-state index in [1.54, 1.807) is 0 Å². The Balaban J connectivity index is 2.17. The van der Waals surface area contributed by atoms with Crippen LogP contribution in [0.1, 0.15) is 26.2 Å². The molecule has 1 aliphatic rings. The molecule has 1 aliphatic carbocycles. The van der Waals surface area contributed by atoms with Crippen LogP contribution in [0.25, 0.3) is 0 Å². The molecule has 2 nitrogen and oxygen atoms in total. The summed E-state index contributed by atoms with van der Waals surface area (Å²) in [6, 6.07) is 0.675. The van der Waals surface area contributed by atoms with E-state index >= 15 is 0 Å². The third-order valence-electron chi connectivity index (χ3n) is 2.95. The van der Waals surface area contributed by atoms with E-state index in [1.807, 2.05) is 11.8 Å². The van der Waals surface area contributed by atoms with Gasteiger partial charge in [-0.05, 0) is 45.2 Å². The van der Waals surface area contributed by atoms with Crippen molar-refractivity contribution in [3.05, 3.63) is 0 Å². The summed E-state index contributed by atoms with van der Waals surface area (Å²) in [5.74, 6) is 1.25. The second-order valence-electron chi connectivity index (χ2n) is 4.41. The normalized spacial score (nSPS) is 21.9. The molecule has 1 atom stereocenters. The van der Waals surface area contributed by atoms with Crippen LogP contribution in [0.5, 0.6) is 0 Å². The van der Waals surface area contributed by atoms with E-state index in [4.69, 9.17) is 5.73 Å². The molecule has 0 bridgehead atoms. The molecule has 0 aromatic carbocycles. The van der Waals surface area contributed by atoms with Gasteiger partial charge >= 0.3 is 0 Å². The zero-order valence-electron chi connectivity index (χ0n) is 9.05. The van der Waals surface area contributed by atoms with Crippen molar-refractivity contribution in [2.24, 2.45) is 5.73 Å². The van der Waals surface area contributed by atoms with Gasteiger partial charge in [-0.25, -0.2) is 0 Å². The van der Waals surface area contributed by atoms with Crippen LogP contribution in [0.15, 0.2) is 0 Å². The summed E-state index contributed by atoms with van der Waals surface area (Å²) in [6.45, 7) is 3.37. The predicted octanol–water partition coefficient (Wildman–Crippen LogP) is 1.55. The maximum absolute atomic E-state index is 6.07. The highest BCUT2D eigenvalue weighted by Gasteiger charge is 2.39. The number of rotatable bonds is 6. The molecule has 13 heavy (non-hydrogen) atoms. The molecule has 0 saturated heterocycles. The lowest BCUT2D eigenvalue weighted by Crippen LogP contribution is -2.41. The summed E-state index contributed by atoms with van der Waals surface area (Å²) in [6.07, 6.45) is 5.87. The van der Waals surface area contributed by atoms with E-state index in [0.29, 0.717) is 6.04 Å². The van der Waals surface area contributed by atoms with Crippen LogP contribution in [-0.4, -0.2) is 42.1 Å². The molecule has 3 heteroatoms. The number of thioether (sulfide) groups is 1. The third kappa shape index (κ3) is 3.88. The van der Waals surface area contributed by atoms with Crippen LogP contribution in [0.3, 0.4) is 0 Å². The SMILES string of the molecule is CSCCC(C)N(C)CC1(N)CC1. The van der Waals surface area contributed by atoms with Gasteiger partial charge in [-0.1, -0.05) is 0 Å². The van der Waals surface area contributed by atoms with Gasteiger partial charge in [0.05, 0.1) is 0 Å². The minimum absolute atomic E-state index is 0.169. The quantitative estimate of drug-likeness (QED) is 0.708. The summed E-state index contributed by atoms with van der Waals surface area (Å²) in [7, 11) is 2.19. The lowest BCUT2D eigenvalue weighted by molar-refractivity contribution is 0.232. The van der Waals surface area contributed by atoms with Crippen molar-refractivity contribution in [1.82, 2.24) is 4.90 Å². The van der Waals surface area contributed by atoms with Gasteiger partial charge in [0.1, 0.15) is 0 Å². The molecule has 78 valence electrons. The monoisotopic (exact) mass is 202 g/mol. The summed E-state index contributed by atoms with van der Waals surface area (Å²) >= 11 is 1.92. The summed E-state index contributed by atoms with van der Waals surface area (Å²) < 4.78 is 0. The summed E-state index contributed by atoms with van der Waals surface area (Å²) in [5, 5.41) is 0. The minimum atomic E-state index is 0.169. The van der Waals surface area contributed by atoms with Gasteiger partial charge in [0.2, 0.25) is 0 Å². The second-order valence-corrected chi connectivity index (χ2v) is 5.39. The average molecular weight is 202 g/mol. The highest BCUT2D eigenvalue weighted by molar-refractivity contribution is 7.98. The summed E-state index contributed by atoms with van der Waals surface area (Å²) in [5.41, 5.74) is 6.24. The Labute approximate surface area is 86.2 Å². The van der Waals surface area contributed by atoms with Gasteiger partial charge in [-0.3, -0.25) is 0 Å². The second kappa shape index (κ2) is 4.67. The van der Waals surface area contributed by atoms with E-state index in [1.165, 1.54) is 25.0 Å². The maximum atomic E-state index is 6.07. The number of hydrogen-bond donors (Lipinski definition) is 1. The van der Waals surface area contributed by atoms with Gasteiger partial charge < -0.3 is 10.6 Å². The fourth-order valence-corrected chi connectivity index (χ4v) is 2.06. The zero-order chi connectivity index (χ0) is 9.90. The van der Waals surface area contributed by atoms with Crippen molar-refractivity contribution < 1.29 is 0 Å². The molecule has 1 saturated carbocycles. The third-order valence-corrected chi connectivity index (χ3v) is 3.59. The Hall–Kier alpha value is 0.270. The van der Waals surface area contributed by atoms with Gasteiger partial charge in [-0.2, -0.15) is 11.8 Å². The van der Waals surface area contributed by atoms with Gasteiger partial charge in [0.25, 0.3) is 0 Å². The highest BCUT2D eigenvalue weighted by atomic mass is 32.2. The zero-order valence-corrected chi connectivity index (χ0v) is 9.86. The standard InChI is InChI=1S/C10H22N2S/c1-9(4-7-13-3)12(2)8-10(11)5-6-10/h9H,4-8,11H2,1-3H3. The van der Waals surface area contributed by atoms with E-state index in [2.05, 4.69) is 25.1 Å². The van der Waals surface area contributed by atoms with Crippen LogP contribution < -0.4 is 5.73 Å². The van der Waals surface area contributed by atoms with Crippen molar-refractivity contribution in [2.75, 3.05) is 25.6 Å². The number of nitrogens with two attached hydrogens (primary N) is 1. The predicted molar refractivity (Wildman–Crippen MR) is 61.2 cm³/mol. The van der Waals surface area contributed by atoms with E-state index in [9.17, 15) is 0 Å². The molecular weight excluding hydrogens is 180 g/mol. The Kier molecular flexibility index (Phi) is 4.07. The summed E-state index contributed by atoms with van der Waals surface area (Å²) in [4.78, 5) is 2.41. The first-order chi connectivity index (χ1) is 6.07. The average Bonchev–Trinajstić information content (AvgIpc) is 2.79. The molecular formula is C10H22N2S. The smallest absolute Gasteiger partial charge is 0.0284 e. The fraction of sp³-hybridized carbons (Fsp3) is 1.00. The lowest BCUT2D eigenvalue weighted by Gasteiger charge is -2.27. The van der Waals surface area contributed by atoms with Gasteiger partial charge in [0, 0.05) is 18.1 Å². The maximum Gasteiger partial charge on any atom is 0.0284 e. The molecule has 0 aliphatic heterocycles.